The Bertz CT molecular complexity index is 1290. The maximum absolute atomic E-state index is 12.2. The highest BCUT2D eigenvalue weighted by Crippen LogP contribution is 2.67. The van der Waals surface area contributed by atoms with Gasteiger partial charge in [0.1, 0.15) is 6.04 Å². The lowest BCUT2D eigenvalue weighted by Crippen LogP contribution is -2.57. The standard InChI is InChI=1S/C19H30O3.C13H10N2O4/c1-17-11-22-16(20)10-12(17)4-5-13-14(17)6-8-18(2)15(13)7-9-19(18,3)21;16-10-6-5-9(11(17)14-10)15-12(18)7-3-1-2-4-8(7)13(15)19/h12-15,21H,4-11H2,1-3H3;1-4,9H,5-6H2,(H,14,16,17)/t12-,13+,14-,15-,17-,18-,19-;/m0./s1. The van der Waals surface area contributed by atoms with Gasteiger partial charge in [0.25, 0.3) is 11.8 Å². The molecule has 3 heterocycles. The number of piperidine rings is 1. The summed E-state index contributed by atoms with van der Waals surface area (Å²) in [6.07, 6.45) is 7.79. The van der Waals surface area contributed by atoms with Crippen LogP contribution in [0, 0.1) is 34.5 Å². The van der Waals surface area contributed by atoms with Crippen LogP contribution >= 0.6 is 0 Å². The summed E-state index contributed by atoms with van der Waals surface area (Å²) in [5.41, 5.74) is 0.365. The van der Waals surface area contributed by atoms with E-state index in [2.05, 4.69) is 26.1 Å². The van der Waals surface area contributed by atoms with Crippen molar-refractivity contribution in [3.05, 3.63) is 35.4 Å². The summed E-state index contributed by atoms with van der Waals surface area (Å²) in [5.74, 6) is 0.634. The predicted octanol–water partition coefficient (Wildman–Crippen LogP) is 3.63. The molecule has 8 atom stereocenters. The first-order chi connectivity index (χ1) is 19.4. The van der Waals surface area contributed by atoms with Crippen molar-refractivity contribution < 1.29 is 33.8 Å². The van der Waals surface area contributed by atoms with E-state index in [0.717, 1.165) is 17.7 Å². The maximum Gasteiger partial charge on any atom is 0.306 e. The van der Waals surface area contributed by atoms with Crippen LogP contribution in [0.1, 0.15) is 99.3 Å². The Kier molecular flexibility index (Phi) is 6.67. The minimum Gasteiger partial charge on any atom is -0.465 e. The SMILES string of the molecule is C[C@]12COC(=O)C[C@@H]1CC[C@@H]1[C@@H]2CC[C@@]2(C)[C@H]1CC[C@]2(C)O.O=C1CCC(N2C(=O)c3ccccc3C2=O)C(=O)N1. The number of carbonyl (C=O) groups excluding carboxylic acids is 5. The van der Waals surface area contributed by atoms with Crippen LogP contribution in [-0.4, -0.2) is 57.9 Å². The molecule has 2 saturated heterocycles. The second-order valence-corrected chi connectivity index (χ2v) is 13.8. The summed E-state index contributed by atoms with van der Waals surface area (Å²) in [5, 5.41) is 13.1. The summed E-state index contributed by atoms with van der Waals surface area (Å²) in [7, 11) is 0. The first kappa shape index (κ1) is 28.1. The zero-order valence-corrected chi connectivity index (χ0v) is 24.1. The molecule has 7 rings (SSSR count). The number of benzene rings is 1. The third-order valence-corrected chi connectivity index (χ3v) is 11.9. The minimum atomic E-state index is -0.898. The van der Waals surface area contributed by atoms with E-state index < -0.39 is 29.4 Å². The van der Waals surface area contributed by atoms with Gasteiger partial charge >= 0.3 is 5.97 Å². The number of esters is 1. The fourth-order valence-corrected chi connectivity index (χ4v) is 9.25. The number of imide groups is 2. The first-order valence-electron chi connectivity index (χ1n) is 15.1. The molecular weight excluding hydrogens is 524 g/mol. The molecule has 0 spiro atoms. The zero-order valence-electron chi connectivity index (χ0n) is 24.1. The van der Waals surface area contributed by atoms with Crippen LogP contribution < -0.4 is 5.32 Å². The molecule has 6 aliphatic rings. The number of hydrogen-bond donors (Lipinski definition) is 2. The number of cyclic esters (lactones) is 1. The molecule has 1 aromatic carbocycles. The van der Waals surface area contributed by atoms with Gasteiger partial charge in [-0.15, -0.1) is 0 Å². The number of aliphatic hydroxyl groups is 1. The summed E-state index contributed by atoms with van der Waals surface area (Å²) in [6, 6.07) is 5.55. The van der Waals surface area contributed by atoms with Crippen molar-refractivity contribution in [3.63, 3.8) is 0 Å². The van der Waals surface area contributed by atoms with Crippen LogP contribution in [0.25, 0.3) is 0 Å². The fourth-order valence-electron chi connectivity index (χ4n) is 9.25. The molecule has 3 aliphatic carbocycles. The molecule has 1 unspecified atom stereocenters. The van der Waals surface area contributed by atoms with E-state index in [1.54, 1.807) is 24.3 Å². The second kappa shape index (κ2) is 9.75. The topological polar surface area (TPSA) is 130 Å². The van der Waals surface area contributed by atoms with E-state index >= 15 is 0 Å². The van der Waals surface area contributed by atoms with Gasteiger partial charge in [0.15, 0.2) is 0 Å². The van der Waals surface area contributed by atoms with Crippen molar-refractivity contribution in [3.8, 4) is 0 Å². The summed E-state index contributed by atoms with van der Waals surface area (Å²) < 4.78 is 5.49. The molecule has 0 aromatic heterocycles. The molecule has 220 valence electrons. The Hall–Kier alpha value is -3.07. The van der Waals surface area contributed by atoms with Crippen LogP contribution in [-0.2, 0) is 19.1 Å². The molecule has 0 radical (unpaired) electrons. The van der Waals surface area contributed by atoms with Gasteiger partial charge in [0.05, 0.1) is 23.3 Å². The van der Waals surface area contributed by atoms with Gasteiger partial charge in [0.2, 0.25) is 11.8 Å². The van der Waals surface area contributed by atoms with Crippen LogP contribution in [0.3, 0.4) is 0 Å². The largest absolute Gasteiger partial charge is 0.465 e. The average molecular weight is 565 g/mol. The van der Waals surface area contributed by atoms with Crippen LogP contribution in [0.2, 0.25) is 0 Å². The zero-order chi connectivity index (χ0) is 29.3. The number of amides is 4. The Morgan fingerprint density at radius 1 is 0.878 bits per heavy atom. The quantitative estimate of drug-likeness (QED) is 0.394. The smallest absolute Gasteiger partial charge is 0.306 e. The minimum absolute atomic E-state index is 0.00497. The molecule has 9 heteroatoms. The van der Waals surface area contributed by atoms with E-state index in [4.69, 9.17) is 4.74 Å². The number of carbonyl (C=O) groups is 5. The van der Waals surface area contributed by atoms with Crippen molar-refractivity contribution >= 4 is 29.6 Å². The Balaban J connectivity index is 0.000000149. The van der Waals surface area contributed by atoms with Gasteiger partial charge in [-0.05, 0) is 93.1 Å². The fraction of sp³-hybridized carbons (Fsp3) is 0.656. The summed E-state index contributed by atoms with van der Waals surface area (Å²) in [6.45, 7) is 7.38. The third-order valence-electron chi connectivity index (χ3n) is 11.9. The van der Waals surface area contributed by atoms with Gasteiger partial charge in [-0.25, -0.2) is 0 Å². The maximum atomic E-state index is 12.2. The molecule has 2 N–H and O–H groups in total. The number of ether oxygens (including phenoxy) is 1. The molecule has 3 saturated carbocycles. The van der Waals surface area contributed by atoms with Crippen molar-refractivity contribution in [2.75, 3.05) is 6.61 Å². The first-order valence-corrected chi connectivity index (χ1v) is 15.1. The Morgan fingerprint density at radius 3 is 2.20 bits per heavy atom. The van der Waals surface area contributed by atoms with E-state index in [-0.39, 0.29) is 35.5 Å². The number of hydrogen-bond acceptors (Lipinski definition) is 7. The van der Waals surface area contributed by atoms with Gasteiger partial charge < -0.3 is 9.84 Å². The predicted molar refractivity (Wildman–Crippen MR) is 147 cm³/mol. The average Bonchev–Trinajstić information content (AvgIpc) is 3.33. The van der Waals surface area contributed by atoms with E-state index in [1.165, 1.54) is 25.7 Å². The van der Waals surface area contributed by atoms with Crippen molar-refractivity contribution in [1.29, 1.82) is 0 Å². The highest BCUT2D eigenvalue weighted by molar-refractivity contribution is 6.23. The van der Waals surface area contributed by atoms with Crippen LogP contribution in [0.5, 0.6) is 0 Å². The molecule has 1 aromatic rings. The van der Waals surface area contributed by atoms with Crippen LogP contribution in [0.15, 0.2) is 24.3 Å². The lowest BCUT2D eigenvalue weighted by atomic mass is 9.46. The van der Waals surface area contributed by atoms with Gasteiger partial charge in [-0.3, -0.25) is 34.2 Å². The number of nitrogens with zero attached hydrogens (tertiary/aromatic N) is 1. The number of nitrogens with one attached hydrogen (secondary N) is 1. The molecule has 41 heavy (non-hydrogen) atoms. The number of rotatable bonds is 1. The highest BCUT2D eigenvalue weighted by Gasteiger charge is 2.63. The molecule has 3 aliphatic heterocycles. The molecule has 9 nitrogen and oxygen atoms in total. The lowest BCUT2D eigenvalue weighted by Gasteiger charge is -2.60. The Morgan fingerprint density at radius 2 is 1.54 bits per heavy atom. The Labute approximate surface area is 240 Å². The van der Waals surface area contributed by atoms with E-state index in [1.807, 2.05) is 0 Å². The van der Waals surface area contributed by atoms with Crippen molar-refractivity contribution in [2.24, 2.45) is 34.5 Å². The van der Waals surface area contributed by atoms with E-state index in [0.29, 0.717) is 47.8 Å². The van der Waals surface area contributed by atoms with Crippen molar-refractivity contribution in [1.82, 2.24) is 10.2 Å². The third kappa shape index (κ3) is 4.25. The van der Waals surface area contributed by atoms with Crippen LogP contribution in [0.4, 0.5) is 0 Å². The second-order valence-electron chi connectivity index (χ2n) is 13.8. The highest BCUT2D eigenvalue weighted by atomic mass is 16.5. The normalized spacial score (nSPS) is 41.3. The lowest BCUT2D eigenvalue weighted by molar-refractivity contribution is -0.186. The van der Waals surface area contributed by atoms with Gasteiger partial charge in [0, 0.05) is 18.3 Å². The summed E-state index contributed by atoms with van der Waals surface area (Å²) >= 11 is 0. The van der Waals surface area contributed by atoms with Gasteiger partial charge in [-0.1, -0.05) is 26.0 Å². The molecule has 4 amide bonds. The van der Waals surface area contributed by atoms with Crippen molar-refractivity contribution in [2.45, 2.75) is 90.2 Å². The van der Waals surface area contributed by atoms with Gasteiger partial charge in [-0.2, -0.15) is 0 Å². The number of fused-ring (bicyclic) bond motifs is 6. The molecular formula is C32H40N2O7. The molecule has 0 bridgehead atoms. The monoisotopic (exact) mass is 564 g/mol. The summed E-state index contributed by atoms with van der Waals surface area (Å²) in [4.78, 5) is 59.8. The molecule has 5 fully saturated rings. The van der Waals surface area contributed by atoms with E-state index in [9.17, 15) is 29.1 Å².